The number of hydrogen-bond acceptors (Lipinski definition) is 4. The Kier molecular flexibility index (Phi) is 2.09. The summed E-state index contributed by atoms with van der Waals surface area (Å²) in [7, 11) is 0. The lowest BCUT2D eigenvalue weighted by molar-refractivity contribution is 0.619. The minimum absolute atomic E-state index is 0.146. The van der Waals surface area contributed by atoms with Crippen molar-refractivity contribution >= 4 is 6.21 Å². The molecule has 0 fully saturated rings. The molecule has 2 rings (SSSR count). The Hall–Kier alpha value is -1.29. The van der Waals surface area contributed by atoms with Gasteiger partial charge >= 0.3 is 0 Å². The van der Waals surface area contributed by atoms with Gasteiger partial charge in [-0.1, -0.05) is 0 Å². The van der Waals surface area contributed by atoms with Crippen LogP contribution in [0.15, 0.2) is 23.6 Å². The molecular formula is C8H10N4. The third-order valence-corrected chi connectivity index (χ3v) is 1.76. The van der Waals surface area contributed by atoms with Gasteiger partial charge in [-0.15, -0.1) is 0 Å². The third kappa shape index (κ3) is 1.48. The summed E-state index contributed by atoms with van der Waals surface area (Å²) in [6, 6.07) is 0.146. The van der Waals surface area contributed by atoms with Gasteiger partial charge in [-0.05, 0) is 0 Å². The van der Waals surface area contributed by atoms with E-state index in [0.717, 1.165) is 18.8 Å². The molecule has 0 spiro atoms. The largest absolute Gasteiger partial charge is 0.302 e. The zero-order valence-corrected chi connectivity index (χ0v) is 6.64. The van der Waals surface area contributed by atoms with E-state index in [4.69, 9.17) is 0 Å². The molecule has 1 aromatic heterocycles. The van der Waals surface area contributed by atoms with E-state index < -0.39 is 0 Å². The number of nitrogens with zero attached hydrogens (tertiary/aromatic N) is 3. The predicted octanol–water partition coefficient (Wildman–Crippen LogP) is 0.192. The molecule has 12 heavy (non-hydrogen) atoms. The summed E-state index contributed by atoms with van der Waals surface area (Å²) in [4.78, 5) is 12.4. The van der Waals surface area contributed by atoms with Gasteiger partial charge in [0.25, 0.3) is 0 Å². The van der Waals surface area contributed by atoms with E-state index in [1.807, 2.05) is 6.21 Å². The number of nitrogens with one attached hydrogen (secondary N) is 1. The van der Waals surface area contributed by atoms with E-state index in [1.165, 1.54) is 0 Å². The van der Waals surface area contributed by atoms with Crippen LogP contribution in [0.25, 0.3) is 0 Å². The predicted molar refractivity (Wildman–Crippen MR) is 46.1 cm³/mol. The fourth-order valence-corrected chi connectivity index (χ4v) is 1.17. The highest BCUT2D eigenvalue weighted by molar-refractivity contribution is 5.66. The number of aromatic nitrogens is 2. The van der Waals surface area contributed by atoms with Crippen LogP contribution in [-0.4, -0.2) is 29.3 Å². The van der Waals surface area contributed by atoms with Crippen LogP contribution in [0.1, 0.15) is 11.7 Å². The molecule has 1 aliphatic rings. The normalized spacial score (nSPS) is 22.5. The van der Waals surface area contributed by atoms with Crippen molar-refractivity contribution in [3.05, 3.63) is 24.3 Å². The van der Waals surface area contributed by atoms with Gasteiger partial charge in [0.05, 0.1) is 24.5 Å². The summed E-state index contributed by atoms with van der Waals surface area (Å²) in [5, 5.41) is 3.28. The second-order valence-electron chi connectivity index (χ2n) is 2.62. The fourth-order valence-electron chi connectivity index (χ4n) is 1.17. The molecule has 2 heterocycles. The first-order valence-electron chi connectivity index (χ1n) is 3.96. The second kappa shape index (κ2) is 3.40. The van der Waals surface area contributed by atoms with Crippen LogP contribution in [0.2, 0.25) is 0 Å². The summed E-state index contributed by atoms with van der Waals surface area (Å²) in [6.07, 6.45) is 7.01. The topological polar surface area (TPSA) is 50.2 Å². The van der Waals surface area contributed by atoms with Crippen LogP contribution < -0.4 is 5.32 Å². The highest BCUT2D eigenvalue weighted by Gasteiger charge is 2.11. The number of hydrogen-bond donors (Lipinski definition) is 1. The maximum absolute atomic E-state index is 4.19. The van der Waals surface area contributed by atoms with Gasteiger partial charge in [0.2, 0.25) is 0 Å². The fraction of sp³-hybridized carbons (Fsp3) is 0.375. The zero-order chi connectivity index (χ0) is 8.23. The summed E-state index contributed by atoms with van der Waals surface area (Å²) in [5.41, 5.74) is 0.931. The average molecular weight is 162 g/mol. The molecule has 0 radical (unpaired) electrons. The molecule has 4 nitrogen and oxygen atoms in total. The molecule has 0 amide bonds. The maximum Gasteiger partial charge on any atom is 0.0866 e. The molecule has 4 heteroatoms. The number of aliphatic imine (C=N–C) groups is 1. The van der Waals surface area contributed by atoms with Crippen molar-refractivity contribution in [2.45, 2.75) is 6.04 Å². The minimum Gasteiger partial charge on any atom is -0.302 e. The van der Waals surface area contributed by atoms with Crippen LogP contribution in [0.4, 0.5) is 0 Å². The first kappa shape index (κ1) is 7.36. The zero-order valence-electron chi connectivity index (χ0n) is 6.64. The van der Waals surface area contributed by atoms with Crippen LogP contribution in [0, 0.1) is 0 Å². The molecule has 0 bridgehead atoms. The van der Waals surface area contributed by atoms with Gasteiger partial charge in [-0.2, -0.15) is 0 Å². The Bertz CT molecular complexity index is 270. The highest BCUT2D eigenvalue weighted by atomic mass is 15.0. The van der Waals surface area contributed by atoms with Gasteiger partial charge in [-0.25, -0.2) is 0 Å². The van der Waals surface area contributed by atoms with Crippen molar-refractivity contribution in [3.8, 4) is 0 Å². The summed E-state index contributed by atoms with van der Waals surface area (Å²) in [6.45, 7) is 1.77. The van der Waals surface area contributed by atoms with E-state index in [0.29, 0.717) is 0 Å². The molecule has 62 valence electrons. The first-order chi connectivity index (χ1) is 5.97. The second-order valence-corrected chi connectivity index (χ2v) is 2.62. The Morgan fingerprint density at radius 3 is 3.08 bits per heavy atom. The molecule has 1 aromatic rings. The molecule has 0 saturated carbocycles. The molecule has 0 aromatic carbocycles. The standard InChI is InChI=1S/C8H10N4/c1-3-11-7(5-9-1)8-6-10-2-4-12-8/h1,3,5-6,8,12H,2,4H2. The lowest BCUT2D eigenvalue weighted by Crippen LogP contribution is -2.29. The lowest BCUT2D eigenvalue weighted by atomic mass is 10.2. The van der Waals surface area contributed by atoms with E-state index in [1.54, 1.807) is 18.6 Å². The summed E-state index contributed by atoms with van der Waals surface area (Å²) >= 11 is 0. The van der Waals surface area contributed by atoms with Crippen molar-refractivity contribution < 1.29 is 0 Å². The lowest BCUT2D eigenvalue weighted by Gasteiger charge is -2.16. The van der Waals surface area contributed by atoms with Crippen LogP contribution >= 0.6 is 0 Å². The van der Waals surface area contributed by atoms with Gasteiger partial charge in [0, 0.05) is 25.2 Å². The van der Waals surface area contributed by atoms with Crippen molar-refractivity contribution in [1.29, 1.82) is 0 Å². The molecule has 1 atom stereocenters. The van der Waals surface area contributed by atoms with Gasteiger partial charge in [0.1, 0.15) is 0 Å². The smallest absolute Gasteiger partial charge is 0.0866 e. The highest BCUT2D eigenvalue weighted by Crippen LogP contribution is 2.06. The Labute approximate surface area is 70.8 Å². The van der Waals surface area contributed by atoms with Gasteiger partial charge < -0.3 is 5.32 Å². The van der Waals surface area contributed by atoms with E-state index in [-0.39, 0.29) is 6.04 Å². The molecule has 0 aliphatic carbocycles. The van der Waals surface area contributed by atoms with Crippen molar-refractivity contribution in [3.63, 3.8) is 0 Å². The summed E-state index contributed by atoms with van der Waals surface area (Å²) in [5.74, 6) is 0. The SMILES string of the molecule is C1=NCCNC1c1cnccn1. The van der Waals surface area contributed by atoms with Crippen molar-refractivity contribution in [2.75, 3.05) is 13.1 Å². The van der Waals surface area contributed by atoms with Crippen molar-refractivity contribution in [1.82, 2.24) is 15.3 Å². The quantitative estimate of drug-likeness (QED) is 0.641. The van der Waals surface area contributed by atoms with Gasteiger partial charge in [0.15, 0.2) is 0 Å². The van der Waals surface area contributed by atoms with E-state index >= 15 is 0 Å². The molecule has 1 unspecified atom stereocenters. The Morgan fingerprint density at radius 1 is 1.42 bits per heavy atom. The minimum atomic E-state index is 0.146. The molecule has 1 aliphatic heterocycles. The van der Waals surface area contributed by atoms with Crippen LogP contribution in [0.5, 0.6) is 0 Å². The monoisotopic (exact) mass is 162 g/mol. The van der Waals surface area contributed by atoms with Gasteiger partial charge in [-0.3, -0.25) is 15.0 Å². The molecular weight excluding hydrogens is 152 g/mol. The first-order valence-corrected chi connectivity index (χ1v) is 3.96. The Balaban J connectivity index is 2.19. The maximum atomic E-state index is 4.19. The van der Waals surface area contributed by atoms with Crippen LogP contribution in [0.3, 0.4) is 0 Å². The molecule has 1 N–H and O–H groups in total. The Morgan fingerprint density at radius 2 is 2.42 bits per heavy atom. The average Bonchev–Trinajstić information content (AvgIpc) is 2.21. The third-order valence-electron chi connectivity index (χ3n) is 1.76. The van der Waals surface area contributed by atoms with Crippen LogP contribution in [-0.2, 0) is 0 Å². The van der Waals surface area contributed by atoms with E-state index in [9.17, 15) is 0 Å². The summed E-state index contributed by atoms with van der Waals surface area (Å²) < 4.78 is 0. The molecule has 0 saturated heterocycles. The van der Waals surface area contributed by atoms with E-state index in [2.05, 4.69) is 20.3 Å². The number of rotatable bonds is 1. The van der Waals surface area contributed by atoms with Crippen molar-refractivity contribution in [2.24, 2.45) is 4.99 Å².